The minimum atomic E-state index is 0.650. The van der Waals surface area contributed by atoms with Gasteiger partial charge in [-0.25, -0.2) is 9.97 Å². The van der Waals surface area contributed by atoms with Gasteiger partial charge in [-0.05, 0) is 78.8 Å². The highest BCUT2D eigenvalue weighted by Gasteiger charge is 2.20. The van der Waals surface area contributed by atoms with Crippen LogP contribution in [0.2, 0.25) is 0 Å². The quantitative estimate of drug-likeness (QED) is 0.168. The van der Waals surface area contributed by atoms with Gasteiger partial charge < -0.3 is 4.42 Å². The van der Waals surface area contributed by atoms with Crippen LogP contribution in [0.15, 0.2) is 199 Å². The lowest BCUT2D eigenvalue weighted by atomic mass is 9.88. The topological polar surface area (TPSA) is 38.9 Å². The Morgan fingerprint density at radius 2 is 0.873 bits per heavy atom. The van der Waals surface area contributed by atoms with E-state index in [0.717, 1.165) is 66.7 Å². The van der Waals surface area contributed by atoms with Crippen molar-refractivity contribution in [2.45, 2.75) is 0 Å². The predicted molar refractivity (Wildman–Crippen MR) is 229 cm³/mol. The first-order valence-corrected chi connectivity index (χ1v) is 18.7. The number of nitrogens with zero attached hydrogens (tertiary/aromatic N) is 2. The van der Waals surface area contributed by atoms with Gasteiger partial charge in [0.2, 0.25) is 0 Å². The Kier molecular flexibility index (Phi) is 7.17. The number of hydrogen-bond acceptors (Lipinski definition) is 3. The van der Waals surface area contributed by atoms with Crippen molar-refractivity contribution in [3.8, 4) is 56.2 Å². The molecule has 0 spiro atoms. The highest BCUT2D eigenvalue weighted by molar-refractivity contribution is 6.21. The van der Waals surface area contributed by atoms with Crippen LogP contribution in [0, 0.1) is 0 Å². The van der Waals surface area contributed by atoms with Gasteiger partial charge in [-0.2, -0.15) is 0 Å². The van der Waals surface area contributed by atoms with Gasteiger partial charge in [0.15, 0.2) is 5.82 Å². The summed E-state index contributed by atoms with van der Waals surface area (Å²) in [5.41, 5.74) is 10.9. The molecule has 0 unspecified atom stereocenters. The highest BCUT2D eigenvalue weighted by Crippen LogP contribution is 2.43. The molecule has 0 saturated heterocycles. The summed E-state index contributed by atoms with van der Waals surface area (Å²) >= 11 is 0. The number of aromatic nitrogens is 2. The lowest BCUT2D eigenvalue weighted by Crippen LogP contribution is -1.98. The first kappa shape index (κ1) is 31.2. The first-order chi connectivity index (χ1) is 27.3. The number of para-hydroxylation sites is 1. The van der Waals surface area contributed by atoms with Crippen LogP contribution in [0.3, 0.4) is 0 Å². The summed E-state index contributed by atoms with van der Waals surface area (Å²) < 4.78 is 6.35. The van der Waals surface area contributed by atoms with Gasteiger partial charge in [0.05, 0.1) is 11.4 Å². The van der Waals surface area contributed by atoms with E-state index in [1.807, 2.05) is 24.3 Å². The number of furan rings is 1. The molecule has 0 atom stereocenters. The Morgan fingerprint density at radius 1 is 0.309 bits per heavy atom. The van der Waals surface area contributed by atoms with E-state index in [0.29, 0.717) is 5.82 Å². The van der Waals surface area contributed by atoms with Gasteiger partial charge in [-0.3, -0.25) is 0 Å². The molecule has 2 aromatic heterocycles. The first-order valence-electron chi connectivity index (χ1n) is 18.7. The summed E-state index contributed by atoms with van der Waals surface area (Å²) in [6.45, 7) is 0. The zero-order chi connectivity index (χ0) is 36.3. The van der Waals surface area contributed by atoms with Gasteiger partial charge >= 0.3 is 0 Å². The minimum absolute atomic E-state index is 0.650. The average molecular weight is 701 g/mol. The third-order valence-corrected chi connectivity index (χ3v) is 10.9. The summed E-state index contributed by atoms with van der Waals surface area (Å²) in [6.07, 6.45) is 0. The molecule has 11 rings (SSSR count). The van der Waals surface area contributed by atoms with Crippen LogP contribution in [0.25, 0.3) is 110 Å². The standard InChI is InChI=1S/C52H32N2O/c1-2-15-33(16-3-1)35-18-6-10-23-41(35)47-32-48(54-52(53-47)44-26-14-28-50-51(44)43-25-12-13-27-49(43)55-50)42-24-11-9-22-39(42)46-31-45-36-19-5-4-17-34(36)29-30-40(45)37-20-7-8-21-38(37)46/h1-32H. The van der Waals surface area contributed by atoms with E-state index in [4.69, 9.17) is 14.4 Å². The van der Waals surface area contributed by atoms with Gasteiger partial charge in [0, 0.05) is 27.5 Å². The molecule has 2 heterocycles. The molecule has 0 amide bonds. The van der Waals surface area contributed by atoms with E-state index in [9.17, 15) is 0 Å². The average Bonchev–Trinajstić information content (AvgIpc) is 3.65. The molecule has 0 fully saturated rings. The Bertz CT molecular complexity index is 3270. The van der Waals surface area contributed by atoms with E-state index in [1.165, 1.54) is 37.9 Å². The Balaban J connectivity index is 1.21. The van der Waals surface area contributed by atoms with Crippen LogP contribution in [-0.4, -0.2) is 9.97 Å². The molecule has 0 aliphatic heterocycles. The molecule has 3 nitrogen and oxygen atoms in total. The van der Waals surface area contributed by atoms with Crippen molar-refractivity contribution in [1.29, 1.82) is 0 Å². The van der Waals surface area contributed by atoms with Gasteiger partial charge in [-0.1, -0.05) is 170 Å². The van der Waals surface area contributed by atoms with Gasteiger partial charge in [-0.15, -0.1) is 0 Å². The minimum Gasteiger partial charge on any atom is -0.456 e. The molecule has 9 aromatic carbocycles. The summed E-state index contributed by atoms with van der Waals surface area (Å²) in [5, 5.41) is 9.45. The van der Waals surface area contributed by atoms with Crippen molar-refractivity contribution in [2.75, 3.05) is 0 Å². The van der Waals surface area contributed by atoms with Crippen LogP contribution < -0.4 is 0 Å². The third-order valence-electron chi connectivity index (χ3n) is 10.9. The fraction of sp³-hybridized carbons (Fsp3) is 0. The fourth-order valence-corrected chi connectivity index (χ4v) is 8.41. The summed E-state index contributed by atoms with van der Waals surface area (Å²) in [6, 6.07) is 68.6. The Labute approximate surface area is 317 Å². The smallest absolute Gasteiger partial charge is 0.161 e. The highest BCUT2D eigenvalue weighted by atomic mass is 16.3. The molecule has 256 valence electrons. The molecule has 3 heteroatoms. The normalized spacial score (nSPS) is 11.6. The van der Waals surface area contributed by atoms with Crippen LogP contribution in [-0.2, 0) is 0 Å². The van der Waals surface area contributed by atoms with Crippen LogP contribution >= 0.6 is 0 Å². The SMILES string of the molecule is c1ccc(-c2ccccc2-c2cc(-c3ccccc3-c3cc4c5ccccc5ccc4c4ccccc34)nc(-c3cccc4oc5ccccc5c34)n2)cc1. The zero-order valence-electron chi connectivity index (χ0n) is 29.8. The number of rotatable bonds is 5. The van der Waals surface area contributed by atoms with E-state index in [1.54, 1.807) is 0 Å². The Hall–Kier alpha value is -7.36. The van der Waals surface area contributed by atoms with Gasteiger partial charge in [0.25, 0.3) is 0 Å². The monoisotopic (exact) mass is 700 g/mol. The van der Waals surface area contributed by atoms with Gasteiger partial charge in [0.1, 0.15) is 11.2 Å². The van der Waals surface area contributed by atoms with Crippen molar-refractivity contribution < 1.29 is 4.42 Å². The lowest BCUT2D eigenvalue weighted by molar-refractivity contribution is 0.669. The van der Waals surface area contributed by atoms with Crippen molar-refractivity contribution in [2.24, 2.45) is 0 Å². The van der Waals surface area contributed by atoms with Crippen molar-refractivity contribution in [1.82, 2.24) is 9.97 Å². The molecule has 11 aromatic rings. The summed E-state index contributed by atoms with van der Waals surface area (Å²) in [4.78, 5) is 10.9. The lowest BCUT2D eigenvalue weighted by Gasteiger charge is -2.17. The Morgan fingerprint density at radius 3 is 1.67 bits per heavy atom. The van der Waals surface area contributed by atoms with E-state index < -0.39 is 0 Å². The molecular weight excluding hydrogens is 669 g/mol. The van der Waals surface area contributed by atoms with Crippen molar-refractivity contribution in [3.05, 3.63) is 194 Å². The van der Waals surface area contributed by atoms with E-state index in [-0.39, 0.29) is 0 Å². The van der Waals surface area contributed by atoms with Crippen molar-refractivity contribution >= 4 is 54.3 Å². The second-order valence-corrected chi connectivity index (χ2v) is 14.0. The fourth-order valence-electron chi connectivity index (χ4n) is 8.41. The second-order valence-electron chi connectivity index (χ2n) is 14.0. The molecule has 0 bridgehead atoms. The van der Waals surface area contributed by atoms with Crippen LogP contribution in [0.5, 0.6) is 0 Å². The molecule has 0 aliphatic carbocycles. The molecular formula is C52H32N2O. The maximum absolute atomic E-state index is 6.35. The maximum Gasteiger partial charge on any atom is 0.161 e. The molecule has 0 aliphatic rings. The number of benzene rings is 9. The summed E-state index contributed by atoms with van der Waals surface area (Å²) in [7, 11) is 0. The van der Waals surface area contributed by atoms with Crippen LogP contribution in [0.4, 0.5) is 0 Å². The second kappa shape index (κ2) is 12.6. The largest absolute Gasteiger partial charge is 0.456 e. The number of fused-ring (bicyclic) bond motifs is 8. The third kappa shape index (κ3) is 5.13. The van der Waals surface area contributed by atoms with E-state index in [2.05, 4.69) is 170 Å². The van der Waals surface area contributed by atoms with Crippen molar-refractivity contribution in [3.63, 3.8) is 0 Å². The predicted octanol–water partition coefficient (Wildman–Crippen LogP) is 14.2. The number of hydrogen-bond donors (Lipinski definition) is 0. The van der Waals surface area contributed by atoms with E-state index >= 15 is 0 Å². The summed E-state index contributed by atoms with van der Waals surface area (Å²) in [5.74, 6) is 0.650. The molecule has 55 heavy (non-hydrogen) atoms. The maximum atomic E-state index is 6.35. The molecule has 0 saturated carbocycles. The van der Waals surface area contributed by atoms with Crippen LogP contribution in [0.1, 0.15) is 0 Å². The molecule has 0 radical (unpaired) electrons. The zero-order valence-corrected chi connectivity index (χ0v) is 29.8. The molecule has 0 N–H and O–H groups in total.